The molecule has 1 fully saturated rings. The summed E-state index contributed by atoms with van der Waals surface area (Å²) in [6, 6.07) is 9.30. The fraction of sp³-hybridized carbons (Fsp3) is 0.412. The van der Waals surface area contributed by atoms with Gasteiger partial charge in [0, 0.05) is 18.0 Å². The minimum absolute atomic E-state index is 0.0658. The van der Waals surface area contributed by atoms with Crippen molar-refractivity contribution in [2.45, 2.75) is 38.7 Å². The third kappa shape index (κ3) is 4.52. The Morgan fingerprint density at radius 1 is 1.45 bits per heavy atom. The molecule has 2 rings (SSSR count). The maximum atomic E-state index is 11.5. The quantitative estimate of drug-likeness (QED) is 0.495. The average molecular weight is 300 g/mol. The number of rotatable bonds is 6. The van der Waals surface area contributed by atoms with Gasteiger partial charge in [0.15, 0.2) is 5.57 Å². The third-order valence-electron chi connectivity index (χ3n) is 3.44. The molecule has 0 unspecified atom stereocenters. The van der Waals surface area contributed by atoms with Crippen LogP contribution in [0.2, 0.25) is 0 Å². The first-order valence-corrected chi connectivity index (χ1v) is 7.53. The molecule has 1 saturated carbocycles. The lowest BCUT2D eigenvalue weighted by molar-refractivity contribution is -0.138. The minimum atomic E-state index is -0.629. The Bertz CT molecular complexity index is 584. The van der Waals surface area contributed by atoms with Crippen molar-refractivity contribution in [2.24, 2.45) is 0 Å². The first-order chi connectivity index (χ1) is 10.7. The molecule has 0 heterocycles. The van der Waals surface area contributed by atoms with E-state index < -0.39 is 5.97 Å². The van der Waals surface area contributed by atoms with Gasteiger partial charge in [-0.2, -0.15) is 5.26 Å². The Labute approximate surface area is 130 Å². The predicted molar refractivity (Wildman–Crippen MR) is 83.3 cm³/mol. The molecule has 0 radical (unpaired) electrons. The molecule has 0 aromatic heterocycles. The summed E-state index contributed by atoms with van der Waals surface area (Å²) < 4.78 is 10.7. The van der Waals surface area contributed by atoms with E-state index in [2.05, 4.69) is 5.32 Å². The number of ether oxygens (including phenoxy) is 2. The van der Waals surface area contributed by atoms with E-state index in [1.165, 1.54) is 19.0 Å². The zero-order chi connectivity index (χ0) is 15.8. The monoisotopic (exact) mass is 300 g/mol. The van der Waals surface area contributed by atoms with Crippen LogP contribution < -0.4 is 10.1 Å². The number of benzene rings is 1. The SMILES string of the molecule is CCOC(=O)/C(C#N)=C/Nc1cccc(OC2CCCC2)c1. The molecule has 0 saturated heterocycles. The Kier molecular flexibility index (Phi) is 5.84. The van der Waals surface area contributed by atoms with Crippen LogP contribution in [0.5, 0.6) is 5.75 Å². The van der Waals surface area contributed by atoms with Crippen LogP contribution in [0, 0.1) is 11.3 Å². The van der Waals surface area contributed by atoms with Gasteiger partial charge < -0.3 is 14.8 Å². The zero-order valence-electron chi connectivity index (χ0n) is 12.7. The van der Waals surface area contributed by atoms with Crippen molar-refractivity contribution in [3.05, 3.63) is 36.0 Å². The second-order valence-electron chi connectivity index (χ2n) is 5.09. The summed E-state index contributed by atoms with van der Waals surface area (Å²) in [5.41, 5.74) is 0.691. The molecule has 22 heavy (non-hydrogen) atoms. The molecule has 1 aliphatic carbocycles. The van der Waals surface area contributed by atoms with E-state index in [-0.39, 0.29) is 12.2 Å². The van der Waals surface area contributed by atoms with Gasteiger partial charge in [0.1, 0.15) is 11.8 Å². The van der Waals surface area contributed by atoms with Crippen LogP contribution in [0.1, 0.15) is 32.6 Å². The molecule has 0 aliphatic heterocycles. The molecule has 5 heteroatoms. The Morgan fingerprint density at radius 2 is 2.23 bits per heavy atom. The molecule has 1 aliphatic rings. The fourth-order valence-electron chi connectivity index (χ4n) is 2.36. The van der Waals surface area contributed by atoms with E-state index in [9.17, 15) is 4.79 Å². The van der Waals surface area contributed by atoms with Crippen LogP contribution in [0.3, 0.4) is 0 Å². The highest BCUT2D eigenvalue weighted by molar-refractivity contribution is 5.93. The van der Waals surface area contributed by atoms with Crippen LogP contribution in [0.15, 0.2) is 36.0 Å². The fourth-order valence-corrected chi connectivity index (χ4v) is 2.36. The highest BCUT2D eigenvalue weighted by atomic mass is 16.5. The molecule has 0 amide bonds. The van der Waals surface area contributed by atoms with Crippen molar-refractivity contribution in [2.75, 3.05) is 11.9 Å². The standard InChI is InChI=1S/C17H20N2O3/c1-2-21-17(20)13(11-18)12-19-14-6-5-9-16(10-14)22-15-7-3-4-8-15/h5-6,9-10,12,15,19H,2-4,7-8H2,1H3/b13-12+. The van der Waals surface area contributed by atoms with E-state index >= 15 is 0 Å². The van der Waals surface area contributed by atoms with E-state index in [4.69, 9.17) is 14.7 Å². The Morgan fingerprint density at radius 3 is 2.91 bits per heavy atom. The van der Waals surface area contributed by atoms with Crippen LogP contribution in [-0.2, 0) is 9.53 Å². The van der Waals surface area contributed by atoms with Crippen molar-refractivity contribution < 1.29 is 14.3 Å². The molecule has 0 bridgehead atoms. The first kappa shape index (κ1) is 15.9. The number of nitrogens with zero attached hydrogens (tertiary/aromatic N) is 1. The van der Waals surface area contributed by atoms with Crippen LogP contribution in [0.25, 0.3) is 0 Å². The van der Waals surface area contributed by atoms with E-state index in [0.29, 0.717) is 6.10 Å². The Hall–Kier alpha value is -2.48. The Balaban J connectivity index is 2.00. The summed E-state index contributed by atoms with van der Waals surface area (Å²) in [7, 11) is 0. The van der Waals surface area contributed by atoms with Gasteiger partial charge in [-0.15, -0.1) is 0 Å². The summed E-state index contributed by atoms with van der Waals surface area (Å²) in [6.07, 6.45) is 6.28. The van der Waals surface area contributed by atoms with Gasteiger partial charge in [0.25, 0.3) is 0 Å². The maximum absolute atomic E-state index is 11.5. The third-order valence-corrected chi connectivity index (χ3v) is 3.44. The molecule has 1 N–H and O–H groups in total. The lowest BCUT2D eigenvalue weighted by Gasteiger charge is -2.13. The normalized spacial score (nSPS) is 15.2. The highest BCUT2D eigenvalue weighted by Crippen LogP contribution is 2.25. The first-order valence-electron chi connectivity index (χ1n) is 7.53. The molecular weight excluding hydrogens is 280 g/mol. The molecule has 5 nitrogen and oxygen atoms in total. The van der Waals surface area contributed by atoms with E-state index in [1.807, 2.05) is 30.3 Å². The molecule has 0 atom stereocenters. The van der Waals surface area contributed by atoms with Crippen LogP contribution >= 0.6 is 0 Å². The highest BCUT2D eigenvalue weighted by Gasteiger charge is 2.16. The largest absolute Gasteiger partial charge is 0.490 e. The number of nitriles is 1. The molecular formula is C17H20N2O3. The molecule has 0 spiro atoms. The van der Waals surface area contributed by atoms with Crippen molar-refractivity contribution >= 4 is 11.7 Å². The second-order valence-corrected chi connectivity index (χ2v) is 5.09. The van der Waals surface area contributed by atoms with Crippen molar-refractivity contribution in [3.8, 4) is 11.8 Å². The number of hydrogen-bond acceptors (Lipinski definition) is 5. The topological polar surface area (TPSA) is 71.4 Å². The minimum Gasteiger partial charge on any atom is -0.490 e. The van der Waals surface area contributed by atoms with Crippen LogP contribution in [0.4, 0.5) is 5.69 Å². The summed E-state index contributed by atoms with van der Waals surface area (Å²) in [4.78, 5) is 11.5. The number of hydrogen-bond donors (Lipinski definition) is 1. The molecule has 1 aromatic rings. The van der Waals surface area contributed by atoms with Crippen molar-refractivity contribution in [3.63, 3.8) is 0 Å². The van der Waals surface area contributed by atoms with Gasteiger partial charge >= 0.3 is 5.97 Å². The van der Waals surface area contributed by atoms with Gasteiger partial charge in [0.2, 0.25) is 0 Å². The van der Waals surface area contributed by atoms with Gasteiger partial charge in [-0.05, 0) is 44.7 Å². The maximum Gasteiger partial charge on any atom is 0.350 e. The van der Waals surface area contributed by atoms with Gasteiger partial charge in [-0.1, -0.05) is 6.07 Å². The second kappa shape index (κ2) is 8.08. The zero-order valence-corrected chi connectivity index (χ0v) is 12.7. The smallest absolute Gasteiger partial charge is 0.350 e. The summed E-state index contributed by atoms with van der Waals surface area (Å²) >= 11 is 0. The van der Waals surface area contributed by atoms with Gasteiger partial charge in [-0.3, -0.25) is 0 Å². The summed E-state index contributed by atoms with van der Waals surface area (Å²) in [6.45, 7) is 1.94. The lowest BCUT2D eigenvalue weighted by Crippen LogP contribution is -2.11. The van der Waals surface area contributed by atoms with E-state index in [0.717, 1.165) is 24.3 Å². The lowest BCUT2D eigenvalue weighted by atomic mass is 10.2. The van der Waals surface area contributed by atoms with E-state index in [1.54, 1.807) is 6.92 Å². The van der Waals surface area contributed by atoms with Gasteiger partial charge in [-0.25, -0.2) is 4.79 Å². The molecule has 116 valence electrons. The average Bonchev–Trinajstić information content (AvgIpc) is 3.01. The predicted octanol–water partition coefficient (Wildman–Crippen LogP) is 3.39. The number of nitrogens with one attached hydrogen (secondary N) is 1. The summed E-state index contributed by atoms with van der Waals surface area (Å²) in [5, 5.41) is 11.9. The van der Waals surface area contributed by atoms with Crippen molar-refractivity contribution in [1.29, 1.82) is 5.26 Å². The summed E-state index contributed by atoms with van der Waals surface area (Å²) in [5.74, 6) is 0.163. The molecule has 1 aromatic carbocycles. The number of carbonyl (C=O) groups is 1. The number of esters is 1. The number of carbonyl (C=O) groups excluding carboxylic acids is 1. The van der Waals surface area contributed by atoms with Crippen molar-refractivity contribution in [1.82, 2.24) is 0 Å². The van der Waals surface area contributed by atoms with Gasteiger partial charge in [0.05, 0.1) is 12.7 Å². The van der Waals surface area contributed by atoms with Crippen LogP contribution in [-0.4, -0.2) is 18.7 Å². The number of anilines is 1.